The third-order valence-electron chi connectivity index (χ3n) is 2.81. The van der Waals surface area contributed by atoms with Gasteiger partial charge in [-0.3, -0.25) is 9.89 Å². The quantitative estimate of drug-likeness (QED) is 0.726. The van der Waals surface area contributed by atoms with Crippen LogP contribution in [0.15, 0.2) is 36.0 Å². The molecule has 0 saturated heterocycles. The lowest BCUT2D eigenvalue weighted by Crippen LogP contribution is -2.08. The van der Waals surface area contributed by atoms with E-state index in [-0.39, 0.29) is 19.0 Å². The lowest BCUT2D eigenvalue weighted by atomic mass is 10.2. The van der Waals surface area contributed by atoms with Crippen molar-refractivity contribution in [2.75, 3.05) is 0 Å². The second-order valence-corrected chi connectivity index (χ2v) is 5.74. The van der Waals surface area contributed by atoms with Crippen LogP contribution in [0.25, 0.3) is 10.8 Å². The summed E-state index contributed by atoms with van der Waals surface area (Å²) in [5.41, 5.74) is 1.54. The van der Waals surface area contributed by atoms with Crippen LogP contribution in [0.2, 0.25) is 5.02 Å². The SMILES string of the molecule is O=C(Cc1csc(-c2ncn[nH]2)n1)OCc1ccc(Cl)cc1. The molecule has 1 N–H and O–H groups in total. The third-order valence-corrected chi connectivity index (χ3v) is 3.96. The summed E-state index contributed by atoms with van der Waals surface area (Å²) in [7, 11) is 0. The van der Waals surface area contributed by atoms with Gasteiger partial charge in [-0.2, -0.15) is 5.10 Å². The minimum atomic E-state index is -0.329. The van der Waals surface area contributed by atoms with Gasteiger partial charge in [0.15, 0.2) is 10.8 Å². The number of benzene rings is 1. The van der Waals surface area contributed by atoms with Crippen molar-refractivity contribution in [1.29, 1.82) is 0 Å². The van der Waals surface area contributed by atoms with Crippen molar-refractivity contribution < 1.29 is 9.53 Å². The monoisotopic (exact) mass is 334 g/mol. The molecule has 0 amide bonds. The number of rotatable bonds is 5. The minimum absolute atomic E-state index is 0.123. The Bertz CT molecular complexity index is 756. The first kappa shape index (κ1) is 14.7. The molecule has 6 nitrogen and oxygen atoms in total. The highest BCUT2D eigenvalue weighted by Crippen LogP contribution is 2.20. The molecule has 112 valence electrons. The molecule has 0 aliphatic heterocycles. The number of carbonyl (C=O) groups excluding carboxylic acids is 1. The van der Waals surface area contributed by atoms with Gasteiger partial charge >= 0.3 is 5.97 Å². The van der Waals surface area contributed by atoms with E-state index in [4.69, 9.17) is 16.3 Å². The lowest BCUT2D eigenvalue weighted by Gasteiger charge is -2.04. The van der Waals surface area contributed by atoms with Gasteiger partial charge in [0.2, 0.25) is 0 Å². The van der Waals surface area contributed by atoms with Gasteiger partial charge in [-0.05, 0) is 17.7 Å². The maximum Gasteiger partial charge on any atom is 0.312 e. The minimum Gasteiger partial charge on any atom is -0.461 e. The fourth-order valence-electron chi connectivity index (χ4n) is 1.75. The van der Waals surface area contributed by atoms with E-state index in [1.807, 2.05) is 12.1 Å². The van der Waals surface area contributed by atoms with Crippen LogP contribution in [-0.2, 0) is 22.6 Å². The largest absolute Gasteiger partial charge is 0.461 e. The summed E-state index contributed by atoms with van der Waals surface area (Å²) >= 11 is 7.20. The third kappa shape index (κ3) is 3.69. The molecule has 3 rings (SSSR count). The fourth-order valence-corrected chi connectivity index (χ4v) is 2.64. The first-order valence-corrected chi connectivity index (χ1v) is 7.66. The van der Waals surface area contributed by atoms with Gasteiger partial charge in [-0.15, -0.1) is 11.3 Å². The number of nitrogens with zero attached hydrogens (tertiary/aromatic N) is 3. The summed E-state index contributed by atoms with van der Waals surface area (Å²) < 4.78 is 5.22. The van der Waals surface area contributed by atoms with E-state index in [0.717, 1.165) is 5.56 Å². The summed E-state index contributed by atoms with van der Waals surface area (Å²) in [5.74, 6) is 0.259. The van der Waals surface area contributed by atoms with Crippen LogP contribution < -0.4 is 0 Å². The molecule has 0 radical (unpaired) electrons. The average Bonchev–Trinajstić information content (AvgIpc) is 3.17. The second kappa shape index (κ2) is 6.67. The van der Waals surface area contributed by atoms with Gasteiger partial charge in [-0.1, -0.05) is 23.7 Å². The average molecular weight is 335 g/mol. The molecule has 2 heterocycles. The molecule has 0 aliphatic carbocycles. The van der Waals surface area contributed by atoms with Crippen molar-refractivity contribution >= 4 is 28.9 Å². The van der Waals surface area contributed by atoms with Gasteiger partial charge in [-0.25, -0.2) is 9.97 Å². The summed E-state index contributed by atoms with van der Waals surface area (Å²) in [6.45, 7) is 0.217. The van der Waals surface area contributed by atoms with Crippen LogP contribution in [0.1, 0.15) is 11.3 Å². The molecule has 8 heteroatoms. The van der Waals surface area contributed by atoms with Crippen molar-refractivity contribution in [3.63, 3.8) is 0 Å². The Balaban J connectivity index is 1.54. The Kier molecular flexibility index (Phi) is 4.45. The highest BCUT2D eigenvalue weighted by molar-refractivity contribution is 7.13. The summed E-state index contributed by atoms with van der Waals surface area (Å²) in [5, 5.41) is 9.65. The Hall–Kier alpha value is -2.25. The predicted molar refractivity (Wildman–Crippen MR) is 82.4 cm³/mol. The Morgan fingerprint density at radius 1 is 1.32 bits per heavy atom. The molecule has 3 aromatic rings. The maximum atomic E-state index is 11.8. The van der Waals surface area contributed by atoms with E-state index >= 15 is 0 Å². The first-order chi connectivity index (χ1) is 10.7. The summed E-state index contributed by atoms with van der Waals surface area (Å²) in [6, 6.07) is 7.16. The van der Waals surface area contributed by atoms with E-state index in [9.17, 15) is 4.79 Å². The molecule has 0 saturated carbocycles. The highest BCUT2D eigenvalue weighted by atomic mass is 35.5. The van der Waals surface area contributed by atoms with Crippen LogP contribution in [-0.4, -0.2) is 26.1 Å². The zero-order valence-corrected chi connectivity index (χ0v) is 12.9. The van der Waals surface area contributed by atoms with Gasteiger partial charge in [0.1, 0.15) is 12.9 Å². The van der Waals surface area contributed by atoms with Gasteiger partial charge in [0.05, 0.1) is 12.1 Å². The molecular weight excluding hydrogens is 324 g/mol. The van der Waals surface area contributed by atoms with Crippen LogP contribution in [0.3, 0.4) is 0 Å². The zero-order chi connectivity index (χ0) is 15.4. The molecule has 0 spiro atoms. The van der Waals surface area contributed by atoms with Crippen LogP contribution in [0, 0.1) is 0 Å². The van der Waals surface area contributed by atoms with Crippen molar-refractivity contribution in [3.8, 4) is 10.8 Å². The first-order valence-electron chi connectivity index (χ1n) is 6.41. The molecule has 0 atom stereocenters. The Morgan fingerprint density at radius 2 is 2.14 bits per heavy atom. The molecule has 1 aromatic carbocycles. The number of thiazole rings is 1. The van der Waals surface area contributed by atoms with Crippen LogP contribution in [0.5, 0.6) is 0 Å². The van der Waals surface area contributed by atoms with E-state index in [1.165, 1.54) is 17.7 Å². The van der Waals surface area contributed by atoms with Crippen molar-refractivity contribution in [1.82, 2.24) is 20.2 Å². The number of aromatic nitrogens is 4. The number of H-pyrrole nitrogens is 1. The second-order valence-electron chi connectivity index (χ2n) is 4.44. The normalized spacial score (nSPS) is 10.6. The van der Waals surface area contributed by atoms with Crippen LogP contribution in [0.4, 0.5) is 0 Å². The van der Waals surface area contributed by atoms with Crippen molar-refractivity contribution in [2.24, 2.45) is 0 Å². The summed E-state index contributed by atoms with van der Waals surface area (Å²) in [6.07, 6.45) is 1.54. The highest BCUT2D eigenvalue weighted by Gasteiger charge is 2.11. The number of halogens is 1. The van der Waals surface area contributed by atoms with Gasteiger partial charge in [0.25, 0.3) is 0 Å². The van der Waals surface area contributed by atoms with Gasteiger partial charge < -0.3 is 4.74 Å². The number of ether oxygens (including phenoxy) is 1. The number of aromatic amines is 1. The number of esters is 1. The topological polar surface area (TPSA) is 80.8 Å². The van der Waals surface area contributed by atoms with E-state index in [2.05, 4.69) is 20.2 Å². The number of hydrogen-bond acceptors (Lipinski definition) is 6. The Morgan fingerprint density at radius 3 is 2.86 bits per heavy atom. The number of carbonyl (C=O) groups is 1. The maximum absolute atomic E-state index is 11.8. The molecular formula is C14H11ClN4O2S. The van der Waals surface area contributed by atoms with E-state index in [1.54, 1.807) is 17.5 Å². The molecule has 0 aliphatic rings. The fraction of sp³-hybridized carbons (Fsp3) is 0.143. The predicted octanol–water partition coefficient (Wildman–Crippen LogP) is 2.87. The molecule has 0 fully saturated rings. The van der Waals surface area contributed by atoms with E-state index < -0.39 is 0 Å². The molecule has 0 unspecified atom stereocenters. The summed E-state index contributed by atoms with van der Waals surface area (Å²) in [4.78, 5) is 20.2. The number of hydrogen-bond donors (Lipinski definition) is 1. The molecule has 0 bridgehead atoms. The molecule has 2 aromatic heterocycles. The standard InChI is InChI=1S/C14H11ClN4O2S/c15-10-3-1-9(2-4-10)6-21-12(20)5-11-7-22-14(18-11)13-16-8-17-19-13/h1-4,7-8H,5-6H2,(H,16,17,19). The number of nitrogens with one attached hydrogen (secondary N) is 1. The smallest absolute Gasteiger partial charge is 0.312 e. The lowest BCUT2D eigenvalue weighted by molar-refractivity contribution is -0.144. The molecule has 22 heavy (non-hydrogen) atoms. The zero-order valence-electron chi connectivity index (χ0n) is 11.3. The van der Waals surface area contributed by atoms with Gasteiger partial charge in [0, 0.05) is 10.4 Å². The Labute approximate surface area is 135 Å². The van der Waals surface area contributed by atoms with Crippen LogP contribution >= 0.6 is 22.9 Å². The van der Waals surface area contributed by atoms with Crippen molar-refractivity contribution in [2.45, 2.75) is 13.0 Å². The van der Waals surface area contributed by atoms with E-state index in [0.29, 0.717) is 21.5 Å². The van der Waals surface area contributed by atoms with Crippen molar-refractivity contribution in [3.05, 3.63) is 52.3 Å².